The molecule has 0 amide bonds. The summed E-state index contributed by atoms with van der Waals surface area (Å²) in [7, 11) is 1.74. The Morgan fingerprint density at radius 2 is 1.88 bits per heavy atom. The Morgan fingerprint density at radius 3 is 2.41 bits per heavy atom. The van der Waals surface area contributed by atoms with Crippen LogP contribution in [0.1, 0.15) is 31.2 Å². The number of alkyl halides is 3. The van der Waals surface area contributed by atoms with Gasteiger partial charge in [0.2, 0.25) is 0 Å². The van der Waals surface area contributed by atoms with Gasteiger partial charge < -0.3 is 4.57 Å². The largest absolute Gasteiger partial charge is 0.416 e. The molecule has 0 saturated heterocycles. The summed E-state index contributed by atoms with van der Waals surface area (Å²) in [4.78, 5) is 4.33. The van der Waals surface area contributed by atoms with E-state index >= 15 is 0 Å². The summed E-state index contributed by atoms with van der Waals surface area (Å²) < 4.78 is 39.5. The van der Waals surface area contributed by atoms with Gasteiger partial charge in [-0.15, -0.1) is 0 Å². The van der Waals surface area contributed by atoms with Gasteiger partial charge in [-0.25, -0.2) is 4.98 Å². The van der Waals surface area contributed by atoms with E-state index in [1.54, 1.807) is 11.6 Å². The van der Waals surface area contributed by atoms with Crippen molar-refractivity contribution in [2.75, 3.05) is 0 Å². The van der Waals surface area contributed by atoms with Crippen LogP contribution < -0.4 is 0 Å². The van der Waals surface area contributed by atoms with E-state index in [0.717, 1.165) is 18.0 Å². The predicted molar refractivity (Wildman–Crippen MR) is 59.8 cm³/mol. The van der Waals surface area contributed by atoms with E-state index in [9.17, 15) is 13.2 Å². The minimum Gasteiger partial charge on any atom is -0.331 e. The van der Waals surface area contributed by atoms with Crippen molar-refractivity contribution in [3.8, 4) is 0 Å². The van der Waals surface area contributed by atoms with Gasteiger partial charge in [0.25, 0.3) is 0 Å². The third-order valence-electron chi connectivity index (χ3n) is 2.76. The lowest BCUT2D eigenvalue weighted by Gasteiger charge is -2.07. The van der Waals surface area contributed by atoms with E-state index in [4.69, 9.17) is 0 Å². The smallest absolute Gasteiger partial charge is 0.331 e. The fourth-order valence-electron chi connectivity index (χ4n) is 1.90. The molecule has 2 aromatic rings. The lowest BCUT2D eigenvalue weighted by atomic mass is 10.2. The Balaban J connectivity index is 2.66. The van der Waals surface area contributed by atoms with Crippen LogP contribution in [0.4, 0.5) is 13.2 Å². The van der Waals surface area contributed by atoms with Crippen LogP contribution in [0.5, 0.6) is 0 Å². The first-order valence-electron chi connectivity index (χ1n) is 5.34. The van der Waals surface area contributed by atoms with E-state index in [-0.39, 0.29) is 5.92 Å². The van der Waals surface area contributed by atoms with Crippen LogP contribution in [0.3, 0.4) is 0 Å². The average molecular weight is 242 g/mol. The fraction of sp³-hybridized carbons (Fsp3) is 0.417. The monoisotopic (exact) mass is 242 g/mol. The van der Waals surface area contributed by atoms with Gasteiger partial charge in [0.1, 0.15) is 5.82 Å². The molecule has 17 heavy (non-hydrogen) atoms. The maximum absolute atomic E-state index is 12.6. The molecule has 0 bridgehead atoms. The second kappa shape index (κ2) is 3.75. The first-order valence-corrected chi connectivity index (χ1v) is 5.34. The summed E-state index contributed by atoms with van der Waals surface area (Å²) in [5.41, 5.74) is 0.482. The first kappa shape index (κ1) is 12.0. The Hall–Kier alpha value is -1.52. The van der Waals surface area contributed by atoms with Crippen LogP contribution in [-0.2, 0) is 13.2 Å². The second-order valence-corrected chi connectivity index (χ2v) is 4.38. The van der Waals surface area contributed by atoms with Gasteiger partial charge in [0.05, 0.1) is 16.6 Å². The summed E-state index contributed by atoms with van der Waals surface area (Å²) in [6.07, 6.45) is -4.31. The van der Waals surface area contributed by atoms with Crippen LogP contribution in [0.15, 0.2) is 18.2 Å². The van der Waals surface area contributed by atoms with Crippen molar-refractivity contribution in [1.82, 2.24) is 9.55 Å². The summed E-state index contributed by atoms with van der Waals surface area (Å²) in [6.45, 7) is 3.93. The number of aromatic nitrogens is 2. The fourth-order valence-corrected chi connectivity index (χ4v) is 1.90. The van der Waals surface area contributed by atoms with Crippen LogP contribution in [0.2, 0.25) is 0 Å². The average Bonchev–Trinajstić information content (AvgIpc) is 2.54. The highest BCUT2D eigenvalue weighted by Gasteiger charge is 2.31. The highest BCUT2D eigenvalue weighted by Crippen LogP contribution is 2.32. The van der Waals surface area contributed by atoms with Crippen molar-refractivity contribution in [2.45, 2.75) is 25.9 Å². The molecule has 2 nitrogen and oxygen atoms in total. The molecule has 0 unspecified atom stereocenters. The Kier molecular flexibility index (Phi) is 2.64. The van der Waals surface area contributed by atoms with Gasteiger partial charge in [0, 0.05) is 13.0 Å². The Labute approximate surface area is 97.1 Å². The lowest BCUT2D eigenvalue weighted by molar-refractivity contribution is -0.137. The molecular formula is C12H13F3N2. The van der Waals surface area contributed by atoms with Gasteiger partial charge in [-0.05, 0) is 18.2 Å². The van der Waals surface area contributed by atoms with E-state index in [0.29, 0.717) is 11.0 Å². The van der Waals surface area contributed by atoms with Crippen molar-refractivity contribution in [3.05, 3.63) is 29.6 Å². The third kappa shape index (κ3) is 2.01. The Morgan fingerprint density at radius 1 is 1.24 bits per heavy atom. The van der Waals surface area contributed by atoms with Crippen LogP contribution in [0.25, 0.3) is 11.0 Å². The van der Waals surface area contributed by atoms with Crippen LogP contribution in [0, 0.1) is 0 Å². The number of hydrogen-bond donors (Lipinski definition) is 0. The van der Waals surface area contributed by atoms with Crippen molar-refractivity contribution < 1.29 is 13.2 Å². The molecule has 5 heteroatoms. The number of halogens is 3. The number of rotatable bonds is 1. The number of imidazole rings is 1. The highest BCUT2D eigenvalue weighted by molar-refractivity contribution is 5.77. The molecule has 2 rings (SSSR count). The molecule has 0 N–H and O–H groups in total. The molecule has 92 valence electrons. The molecule has 0 aliphatic rings. The topological polar surface area (TPSA) is 17.8 Å². The number of aryl methyl sites for hydroxylation is 1. The zero-order chi connectivity index (χ0) is 12.8. The van der Waals surface area contributed by atoms with Crippen molar-refractivity contribution in [1.29, 1.82) is 0 Å². The van der Waals surface area contributed by atoms with E-state index in [1.165, 1.54) is 6.07 Å². The molecule has 0 fully saturated rings. The molecule has 0 saturated carbocycles. The van der Waals surface area contributed by atoms with E-state index < -0.39 is 11.7 Å². The van der Waals surface area contributed by atoms with Crippen LogP contribution in [-0.4, -0.2) is 9.55 Å². The number of benzene rings is 1. The SMILES string of the molecule is CC(C)c1nc2ccc(C(F)(F)F)cc2n1C. The van der Waals surface area contributed by atoms with Crippen LogP contribution >= 0.6 is 0 Å². The molecule has 0 spiro atoms. The maximum atomic E-state index is 12.6. The number of hydrogen-bond acceptors (Lipinski definition) is 1. The molecule has 0 aliphatic carbocycles. The molecule has 1 heterocycles. The van der Waals surface area contributed by atoms with Gasteiger partial charge >= 0.3 is 6.18 Å². The van der Waals surface area contributed by atoms with Gasteiger partial charge in [-0.1, -0.05) is 13.8 Å². The number of nitrogens with zero attached hydrogens (tertiary/aromatic N) is 2. The summed E-state index contributed by atoms with van der Waals surface area (Å²) in [6, 6.07) is 3.64. The minimum absolute atomic E-state index is 0.182. The molecule has 1 aromatic carbocycles. The quantitative estimate of drug-likeness (QED) is 0.745. The molecule has 1 aromatic heterocycles. The third-order valence-corrected chi connectivity index (χ3v) is 2.76. The molecule has 0 aliphatic heterocycles. The minimum atomic E-state index is -4.31. The molecular weight excluding hydrogens is 229 g/mol. The predicted octanol–water partition coefficient (Wildman–Crippen LogP) is 3.72. The zero-order valence-electron chi connectivity index (χ0n) is 9.84. The van der Waals surface area contributed by atoms with E-state index in [2.05, 4.69) is 4.98 Å². The summed E-state index contributed by atoms with van der Waals surface area (Å²) in [5.74, 6) is 0.973. The zero-order valence-corrected chi connectivity index (χ0v) is 9.84. The molecule has 0 radical (unpaired) electrons. The van der Waals surface area contributed by atoms with Gasteiger partial charge in [0.15, 0.2) is 0 Å². The van der Waals surface area contributed by atoms with Gasteiger partial charge in [-0.3, -0.25) is 0 Å². The standard InChI is InChI=1S/C12H13F3N2/c1-7(2)11-16-9-5-4-8(12(13,14)15)6-10(9)17(11)3/h4-7H,1-3H3. The van der Waals surface area contributed by atoms with Gasteiger partial charge in [-0.2, -0.15) is 13.2 Å². The van der Waals surface area contributed by atoms with Crippen molar-refractivity contribution >= 4 is 11.0 Å². The second-order valence-electron chi connectivity index (χ2n) is 4.38. The highest BCUT2D eigenvalue weighted by atomic mass is 19.4. The lowest BCUT2D eigenvalue weighted by Crippen LogP contribution is -2.05. The Bertz CT molecular complexity index is 553. The first-order chi connectivity index (χ1) is 7.80. The van der Waals surface area contributed by atoms with E-state index in [1.807, 2.05) is 13.8 Å². The normalized spacial score (nSPS) is 12.6. The molecule has 0 atom stereocenters. The maximum Gasteiger partial charge on any atom is 0.416 e. The summed E-state index contributed by atoms with van der Waals surface area (Å²) >= 11 is 0. The number of fused-ring (bicyclic) bond motifs is 1. The summed E-state index contributed by atoms with van der Waals surface area (Å²) in [5, 5.41) is 0. The van der Waals surface area contributed by atoms with Crippen molar-refractivity contribution in [2.24, 2.45) is 7.05 Å². The van der Waals surface area contributed by atoms with Crippen molar-refractivity contribution in [3.63, 3.8) is 0 Å².